The van der Waals surface area contributed by atoms with Gasteiger partial charge in [-0.2, -0.15) is 0 Å². The summed E-state index contributed by atoms with van der Waals surface area (Å²) in [5.41, 5.74) is 14.8. The minimum absolute atomic E-state index is 0.467. The number of para-hydroxylation sites is 1. The largest absolute Gasteiger partial charge is 0.456 e. The third-order valence-corrected chi connectivity index (χ3v) is 12.0. The second kappa shape index (κ2) is 11.4. The van der Waals surface area contributed by atoms with Crippen LogP contribution in [0.2, 0.25) is 0 Å². The lowest BCUT2D eigenvalue weighted by atomic mass is 9.67. The van der Waals surface area contributed by atoms with E-state index in [9.17, 15) is 0 Å². The van der Waals surface area contributed by atoms with Crippen LogP contribution >= 0.6 is 0 Å². The molecule has 2 heterocycles. The molecule has 1 aliphatic rings. The maximum Gasteiger partial charge on any atom is 0.136 e. The van der Waals surface area contributed by atoms with Gasteiger partial charge in [-0.05, 0) is 104 Å². The molecule has 12 rings (SSSR count). The Morgan fingerprint density at radius 3 is 1.82 bits per heavy atom. The molecule has 2 nitrogen and oxygen atoms in total. The Morgan fingerprint density at radius 2 is 1.00 bits per heavy atom. The third-order valence-electron chi connectivity index (χ3n) is 12.0. The molecule has 0 radical (unpaired) electrons. The monoisotopic (exact) mass is 699 g/mol. The lowest BCUT2D eigenvalue weighted by Gasteiger charge is -2.33. The molecule has 256 valence electrons. The number of hydrogen-bond acceptors (Lipinski definition) is 1. The van der Waals surface area contributed by atoms with Gasteiger partial charge in [-0.15, -0.1) is 0 Å². The Bertz CT molecular complexity index is 3270. The summed E-state index contributed by atoms with van der Waals surface area (Å²) in [6, 6.07) is 73.1. The number of rotatable bonds is 4. The van der Waals surface area contributed by atoms with E-state index >= 15 is 0 Å². The molecule has 0 saturated carbocycles. The topological polar surface area (TPSA) is 18.1 Å². The second-order valence-electron chi connectivity index (χ2n) is 14.9. The molecule has 0 unspecified atom stereocenters. The first-order chi connectivity index (χ1) is 27.3. The quantitative estimate of drug-likeness (QED) is 0.179. The van der Waals surface area contributed by atoms with Crippen LogP contribution < -0.4 is 0 Å². The smallest absolute Gasteiger partial charge is 0.136 e. The van der Waals surface area contributed by atoms with E-state index in [0.29, 0.717) is 0 Å². The number of fused-ring (bicyclic) bond motifs is 10. The van der Waals surface area contributed by atoms with E-state index in [1.165, 1.54) is 66.0 Å². The molecule has 0 bridgehead atoms. The highest BCUT2D eigenvalue weighted by Crippen LogP contribution is 2.57. The van der Waals surface area contributed by atoms with E-state index in [4.69, 9.17) is 4.42 Å². The second-order valence-corrected chi connectivity index (χ2v) is 14.9. The predicted octanol–water partition coefficient (Wildman–Crippen LogP) is 13.9. The highest BCUT2D eigenvalue weighted by molar-refractivity contribution is 6.12. The summed E-state index contributed by atoms with van der Waals surface area (Å²) < 4.78 is 9.28. The van der Waals surface area contributed by atoms with E-state index in [1.54, 1.807) is 0 Å². The summed E-state index contributed by atoms with van der Waals surface area (Å²) in [5, 5.41) is 7.24. The van der Waals surface area contributed by atoms with Crippen LogP contribution in [0.25, 0.3) is 82.5 Å². The number of furan rings is 1. The maximum absolute atomic E-state index is 6.87. The van der Waals surface area contributed by atoms with E-state index in [-0.39, 0.29) is 0 Å². The number of hydrogen-bond donors (Lipinski definition) is 0. The van der Waals surface area contributed by atoms with Crippen LogP contribution in [0.3, 0.4) is 0 Å². The van der Waals surface area contributed by atoms with Crippen molar-refractivity contribution in [1.82, 2.24) is 4.57 Å². The van der Waals surface area contributed by atoms with Gasteiger partial charge in [0.2, 0.25) is 0 Å². The van der Waals surface area contributed by atoms with Gasteiger partial charge in [0.05, 0.1) is 16.4 Å². The predicted molar refractivity (Wildman–Crippen MR) is 228 cm³/mol. The van der Waals surface area contributed by atoms with Crippen LogP contribution in [0.1, 0.15) is 22.3 Å². The molecule has 1 aliphatic carbocycles. The van der Waals surface area contributed by atoms with Crippen LogP contribution in [-0.2, 0) is 5.41 Å². The first-order valence-corrected chi connectivity index (χ1v) is 19.0. The van der Waals surface area contributed by atoms with Crippen LogP contribution in [0.15, 0.2) is 205 Å². The van der Waals surface area contributed by atoms with Crippen LogP contribution in [-0.4, -0.2) is 4.57 Å². The Labute approximate surface area is 318 Å². The molecule has 0 N–H and O–H groups in total. The average Bonchev–Trinajstić information content (AvgIpc) is 3.88. The lowest BCUT2D eigenvalue weighted by molar-refractivity contribution is 0.666. The highest BCUT2D eigenvalue weighted by Gasteiger charge is 2.46. The van der Waals surface area contributed by atoms with Crippen molar-refractivity contribution >= 4 is 54.5 Å². The van der Waals surface area contributed by atoms with Gasteiger partial charge >= 0.3 is 0 Å². The van der Waals surface area contributed by atoms with Crippen molar-refractivity contribution in [3.63, 3.8) is 0 Å². The molecule has 9 aromatic carbocycles. The van der Waals surface area contributed by atoms with E-state index in [1.807, 2.05) is 0 Å². The molecule has 0 amide bonds. The fraction of sp³-hybridized carbons (Fsp3) is 0.0189. The van der Waals surface area contributed by atoms with Crippen molar-refractivity contribution in [1.29, 1.82) is 0 Å². The van der Waals surface area contributed by atoms with Crippen molar-refractivity contribution < 1.29 is 4.42 Å². The summed E-state index contributed by atoms with van der Waals surface area (Å²) in [7, 11) is 0. The lowest BCUT2D eigenvalue weighted by Crippen LogP contribution is -2.28. The third kappa shape index (κ3) is 4.25. The summed E-state index contributed by atoms with van der Waals surface area (Å²) in [6.45, 7) is 0. The number of benzene rings is 9. The normalized spacial score (nSPS) is 13.2. The van der Waals surface area contributed by atoms with Gasteiger partial charge < -0.3 is 8.98 Å². The molecule has 2 heteroatoms. The van der Waals surface area contributed by atoms with E-state index < -0.39 is 5.41 Å². The summed E-state index contributed by atoms with van der Waals surface area (Å²) in [4.78, 5) is 0. The van der Waals surface area contributed by atoms with E-state index in [2.05, 4.69) is 205 Å². The van der Waals surface area contributed by atoms with Gasteiger partial charge in [-0.1, -0.05) is 152 Å². The Morgan fingerprint density at radius 1 is 0.364 bits per heavy atom. The Kier molecular flexibility index (Phi) is 6.29. The van der Waals surface area contributed by atoms with E-state index in [0.717, 1.165) is 38.8 Å². The molecule has 0 saturated heterocycles. The molecular weight excluding hydrogens is 667 g/mol. The molecule has 0 aliphatic heterocycles. The molecule has 2 aromatic heterocycles. The molecule has 0 atom stereocenters. The van der Waals surface area contributed by atoms with Crippen molar-refractivity contribution in [3.8, 4) is 27.9 Å². The average molecular weight is 700 g/mol. The van der Waals surface area contributed by atoms with Crippen LogP contribution in [0.4, 0.5) is 0 Å². The molecular formula is C53H33NO. The summed E-state index contributed by atoms with van der Waals surface area (Å²) >= 11 is 0. The van der Waals surface area contributed by atoms with Gasteiger partial charge in [0.15, 0.2) is 0 Å². The zero-order valence-corrected chi connectivity index (χ0v) is 29.9. The van der Waals surface area contributed by atoms with Crippen molar-refractivity contribution in [3.05, 3.63) is 222 Å². The number of aromatic nitrogens is 1. The van der Waals surface area contributed by atoms with Gasteiger partial charge in [-0.25, -0.2) is 0 Å². The van der Waals surface area contributed by atoms with Crippen molar-refractivity contribution in [2.45, 2.75) is 5.41 Å². The van der Waals surface area contributed by atoms with Crippen molar-refractivity contribution in [2.24, 2.45) is 0 Å². The van der Waals surface area contributed by atoms with Gasteiger partial charge in [0.25, 0.3) is 0 Å². The van der Waals surface area contributed by atoms with Gasteiger partial charge in [-0.3, -0.25) is 0 Å². The standard InChI is InChI=1S/C53H33NO/c1-3-15-38(16-4-1)53(39-17-5-2-6-18-39)47-21-11-9-19-41(47)45-32-46-44-28-25-37(31-51(44)55-52(46)33-48(45)53)36-24-27-43-42-20-10-12-22-49(42)54(50(43)30-36)40-26-23-34-13-7-8-14-35(34)29-40/h1-33H. The summed E-state index contributed by atoms with van der Waals surface area (Å²) in [5.74, 6) is 0. The van der Waals surface area contributed by atoms with Crippen LogP contribution in [0, 0.1) is 0 Å². The maximum atomic E-state index is 6.87. The molecule has 11 aromatic rings. The molecule has 55 heavy (non-hydrogen) atoms. The van der Waals surface area contributed by atoms with Gasteiger partial charge in [0, 0.05) is 27.2 Å². The fourth-order valence-corrected chi connectivity index (χ4v) is 9.63. The molecule has 0 fully saturated rings. The Hall–Kier alpha value is -7.16. The van der Waals surface area contributed by atoms with Crippen LogP contribution in [0.5, 0.6) is 0 Å². The van der Waals surface area contributed by atoms with Crippen molar-refractivity contribution in [2.75, 3.05) is 0 Å². The number of nitrogens with zero attached hydrogens (tertiary/aromatic N) is 1. The first-order valence-electron chi connectivity index (χ1n) is 19.0. The van der Waals surface area contributed by atoms with Gasteiger partial charge in [0.1, 0.15) is 11.2 Å². The SMILES string of the molecule is c1ccc(C2(c3ccccc3)c3ccccc3-c3cc4c(cc32)oc2cc(-c3ccc5c6ccccc6n(-c6ccc7ccccc7c6)c5c3)ccc24)cc1. The first kappa shape index (κ1) is 30.3. The minimum atomic E-state index is -0.467. The Balaban J connectivity index is 1.05. The zero-order valence-electron chi connectivity index (χ0n) is 29.9. The summed E-state index contributed by atoms with van der Waals surface area (Å²) in [6.07, 6.45) is 0. The highest BCUT2D eigenvalue weighted by atomic mass is 16.3. The molecule has 0 spiro atoms. The minimum Gasteiger partial charge on any atom is -0.456 e. The fourth-order valence-electron chi connectivity index (χ4n) is 9.63. The zero-order chi connectivity index (χ0) is 36.1.